The number of rotatable bonds is 4. The molecule has 2 unspecified atom stereocenters. The Kier molecular flexibility index (Phi) is 7.30. The first-order chi connectivity index (χ1) is 13.5. The zero-order valence-electron chi connectivity index (χ0n) is 15.2. The van der Waals surface area contributed by atoms with E-state index in [1.807, 2.05) is 29.2 Å². The van der Waals surface area contributed by atoms with Gasteiger partial charge < -0.3 is 14.7 Å². The first-order valence-electron chi connectivity index (χ1n) is 9.16. The summed E-state index contributed by atoms with van der Waals surface area (Å²) in [5.41, 5.74) is 1.00. The molecule has 1 heterocycles. The van der Waals surface area contributed by atoms with Gasteiger partial charge in [0.2, 0.25) is 5.91 Å². The van der Waals surface area contributed by atoms with Crippen LogP contribution in [0.15, 0.2) is 48.5 Å². The van der Waals surface area contributed by atoms with Crippen molar-refractivity contribution in [3.8, 4) is 0 Å². The molecule has 7 heteroatoms. The van der Waals surface area contributed by atoms with Gasteiger partial charge in [-0.2, -0.15) is 0 Å². The molecule has 2 fully saturated rings. The fourth-order valence-electron chi connectivity index (χ4n) is 3.33. The van der Waals surface area contributed by atoms with E-state index in [1.165, 1.54) is 12.1 Å². The molecule has 150 valence electrons. The predicted octanol–water partition coefficient (Wildman–Crippen LogP) is 4.49. The minimum Gasteiger partial charge on any atom is -0.394 e. The van der Waals surface area contributed by atoms with E-state index in [2.05, 4.69) is 0 Å². The fraction of sp³-hybridized carbons (Fsp3) is 0.381. The zero-order valence-corrected chi connectivity index (χ0v) is 16.7. The number of morpholine rings is 1. The number of nitrogens with zero attached hydrogens (tertiary/aromatic N) is 1. The molecular formula is C21H22Cl2FNO3. The second-order valence-corrected chi connectivity index (χ2v) is 7.73. The number of benzene rings is 2. The molecule has 1 aliphatic heterocycles. The maximum Gasteiger partial charge on any atom is 0.249 e. The first-order valence-corrected chi connectivity index (χ1v) is 9.92. The van der Waals surface area contributed by atoms with Crippen LogP contribution in [0.5, 0.6) is 0 Å². The molecule has 2 aliphatic rings. The molecule has 1 N–H and O–H groups in total. The van der Waals surface area contributed by atoms with Gasteiger partial charge in [-0.15, -0.1) is 0 Å². The highest BCUT2D eigenvalue weighted by Gasteiger charge is 2.42. The van der Waals surface area contributed by atoms with E-state index in [1.54, 1.807) is 12.1 Å². The average molecular weight is 426 g/mol. The lowest BCUT2D eigenvalue weighted by Crippen LogP contribution is -2.51. The van der Waals surface area contributed by atoms with E-state index < -0.39 is 0 Å². The Morgan fingerprint density at radius 2 is 1.82 bits per heavy atom. The molecule has 0 radical (unpaired) electrons. The van der Waals surface area contributed by atoms with Crippen molar-refractivity contribution in [2.75, 3.05) is 19.8 Å². The van der Waals surface area contributed by atoms with Crippen LogP contribution in [0.25, 0.3) is 0 Å². The average Bonchev–Trinajstić information content (AvgIpc) is 3.52. The first kappa shape index (κ1) is 21.1. The Balaban J connectivity index is 0.000000236. The Labute approximate surface area is 173 Å². The Morgan fingerprint density at radius 1 is 1.14 bits per heavy atom. The van der Waals surface area contributed by atoms with E-state index in [0.717, 1.165) is 18.4 Å². The molecule has 0 bridgehead atoms. The van der Waals surface area contributed by atoms with Crippen molar-refractivity contribution in [1.82, 2.24) is 4.90 Å². The second-order valence-electron chi connectivity index (χ2n) is 6.88. The van der Waals surface area contributed by atoms with Gasteiger partial charge in [0.1, 0.15) is 12.4 Å². The van der Waals surface area contributed by atoms with E-state index in [9.17, 15) is 14.3 Å². The molecule has 1 saturated carbocycles. The van der Waals surface area contributed by atoms with Crippen LogP contribution >= 0.6 is 23.2 Å². The van der Waals surface area contributed by atoms with E-state index in [0.29, 0.717) is 17.5 Å². The summed E-state index contributed by atoms with van der Waals surface area (Å²) in [6.07, 6.45) is 2.17. The summed E-state index contributed by atoms with van der Waals surface area (Å²) in [4.78, 5) is 14.1. The third-order valence-electron chi connectivity index (χ3n) is 4.91. The van der Waals surface area contributed by atoms with Crippen molar-refractivity contribution in [3.05, 3.63) is 70.0 Å². The molecule has 1 amide bonds. The Hall–Kier alpha value is -1.66. The predicted molar refractivity (Wildman–Crippen MR) is 107 cm³/mol. The lowest BCUT2D eigenvalue weighted by atomic mass is 10.0. The minimum absolute atomic E-state index is 0.0144. The zero-order chi connectivity index (χ0) is 20.1. The molecule has 4 rings (SSSR count). The van der Waals surface area contributed by atoms with Gasteiger partial charge in [-0.3, -0.25) is 4.79 Å². The molecule has 4 nitrogen and oxygen atoms in total. The highest BCUT2D eigenvalue weighted by atomic mass is 35.5. The van der Waals surface area contributed by atoms with Gasteiger partial charge in [0.15, 0.2) is 0 Å². The maximum absolute atomic E-state index is 12.2. The molecular weight excluding hydrogens is 404 g/mol. The molecule has 2 atom stereocenters. The van der Waals surface area contributed by atoms with Crippen LogP contribution in [-0.4, -0.2) is 41.8 Å². The number of ether oxygens (including phenoxy) is 1. The number of carbonyl (C=O) groups is 1. The molecule has 2 aromatic carbocycles. The summed E-state index contributed by atoms with van der Waals surface area (Å²) in [6.45, 7) is 0.588. The van der Waals surface area contributed by atoms with Crippen molar-refractivity contribution in [2.24, 2.45) is 5.92 Å². The van der Waals surface area contributed by atoms with Crippen LogP contribution < -0.4 is 0 Å². The van der Waals surface area contributed by atoms with Crippen LogP contribution in [0.1, 0.15) is 24.4 Å². The summed E-state index contributed by atoms with van der Waals surface area (Å²) < 4.78 is 17.6. The van der Waals surface area contributed by atoms with Crippen LogP contribution in [0.3, 0.4) is 0 Å². The molecule has 0 spiro atoms. The van der Waals surface area contributed by atoms with E-state index in [4.69, 9.17) is 27.9 Å². The van der Waals surface area contributed by atoms with Gasteiger partial charge in [-0.25, -0.2) is 4.39 Å². The summed E-state index contributed by atoms with van der Waals surface area (Å²) in [5, 5.41) is 10.5. The number of hydrogen-bond donors (Lipinski definition) is 1. The largest absolute Gasteiger partial charge is 0.394 e. The quantitative estimate of drug-likeness (QED) is 0.784. The number of aliphatic hydroxyl groups excluding tert-OH is 1. The number of hydrogen-bond acceptors (Lipinski definition) is 3. The molecule has 28 heavy (non-hydrogen) atoms. The highest BCUT2D eigenvalue weighted by molar-refractivity contribution is 6.30. The summed E-state index contributed by atoms with van der Waals surface area (Å²) in [6, 6.07) is 13.4. The van der Waals surface area contributed by atoms with Crippen LogP contribution in [-0.2, 0) is 9.53 Å². The lowest BCUT2D eigenvalue weighted by Gasteiger charge is -2.41. The number of amides is 1. The Bertz CT molecular complexity index is 777. The van der Waals surface area contributed by atoms with Gasteiger partial charge in [0, 0.05) is 5.02 Å². The van der Waals surface area contributed by atoms with Crippen molar-refractivity contribution in [3.63, 3.8) is 0 Å². The van der Waals surface area contributed by atoms with Crippen LogP contribution in [0.2, 0.25) is 10.0 Å². The highest BCUT2D eigenvalue weighted by Crippen LogP contribution is 2.39. The summed E-state index contributed by atoms with van der Waals surface area (Å²) in [5.74, 6) is 0.0215. The third-order valence-corrected chi connectivity index (χ3v) is 5.47. The number of halogens is 3. The van der Waals surface area contributed by atoms with Gasteiger partial charge in [-0.05, 0) is 48.6 Å². The fourth-order valence-corrected chi connectivity index (χ4v) is 3.59. The van der Waals surface area contributed by atoms with E-state index >= 15 is 0 Å². The van der Waals surface area contributed by atoms with Gasteiger partial charge in [0.25, 0.3) is 0 Å². The van der Waals surface area contributed by atoms with Crippen molar-refractivity contribution in [2.45, 2.75) is 24.9 Å². The van der Waals surface area contributed by atoms with Crippen LogP contribution in [0.4, 0.5) is 4.39 Å². The van der Waals surface area contributed by atoms with Gasteiger partial charge in [0.05, 0.1) is 30.3 Å². The van der Waals surface area contributed by atoms with Gasteiger partial charge >= 0.3 is 0 Å². The standard InChI is InChI=1S/C15H18ClNO3.C6H4ClF/c16-12-5-3-11(4-6-12)14-8-20-9-15(19)17(14)13(7-18)10-1-2-10;7-5-3-1-2-4-6(5)8/h3-6,10,13-14,18H,1-2,7-9H2;1-4H. The van der Waals surface area contributed by atoms with Crippen molar-refractivity contribution in [1.29, 1.82) is 0 Å². The summed E-state index contributed by atoms with van der Waals surface area (Å²) in [7, 11) is 0. The number of carbonyl (C=O) groups excluding carboxylic acids is 1. The lowest BCUT2D eigenvalue weighted by molar-refractivity contribution is -0.154. The van der Waals surface area contributed by atoms with Crippen LogP contribution in [0, 0.1) is 11.7 Å². The van der Waals surface area contributed by atoms with Gasteiger partial charge in [-0.1, -0.05) is 47.5 Å². The molecule has 0 aromatic heterocycles. The smallest absolute Gasteiger partial charge is 0.249 e. The minimum atomic E-state index is -0.367. The van der Waals surface area contributed by atoms with Crippen molar-refractivity contribution >= 4 is 29.1 Å². The topological polar surface area (TPSA) is 49.8 Å². The SMILES string of the molecule is Fc1ccccc1Cl.O=C1COCC(c2ccc(Cl)cc2)N1C(CO)C1CC1. The third kappa shape index (κ3) is 5.23. The normalized spacial score (nSPS) is 20.4. The molecule has 1 aliphatic carbocycles. The molecule has 1 saturated heterocycles. The number of aliphatic hydroxyl groups is 1. The maximum atomic E-state index is 12.2. The summed E-state index contributed by atoms with van der Waals surface area (Å²) >= 11 is 11.2. The Morgan fingerprint density at radius 3 is 2.36 bits per heavy atom. The van der Waals surface area contributed by atoms with E-state index in [-0.39, 0.29) is 42.0 Å². The van der Waals surface area contributed by atoms with Crippen molar-refractivity contribution < 1.29 is 19.0 Å². The monoisotopic (exact) mass is 425 g/mol. The molecule has 2 aromatic rings. The second kappa shape index (κ2) is 9.70.